The summed E-state index contributed by atoms with van der Waals surface area (Å²) >= 11 is 1.74. The van der Waals surface area contributed by atoms with E-state index < -0.39 is 0 Å². The minimum atomic E-state index is 0.472. The maximum Gasteiger partial charge on any atom is 0.123 e. The van der Waals surface area contributed by atoms with E-state index in [1.54, 1.807) is 24.9 Å². The van der Waals surface area contributed by atoms with E-state index >= 15 is 0 Å². The number of nitrogens with zero attached hydrogens (tertiary/aromatic N) is 2. The molecule has 5 heteroatoms. The molecule has 0 radical (unpaired) electrons. The molecule has 1 aliphatic heterocycles. The summed E-state index contributed by atoms with van der Waals surface area (Å²) in [6.07, 6.45) is 4.66. The van der Waals surface area contributed by atoms with Crippen LogP contribution < -0.4 is 4.74 Å². The maximum atomic E-state index is 9.33. The number of hydrogen-bond acceptors (Lipinski definition) is 5. The van der Waals surface area contributed by atoms with Crippen LogP contribution in [0.5, 0.6) is 5.75 Å². The Hall–Kier alpha value is -2.89. The van der Waals surface area contributed by atoms with Crippen LogP contribution in [-0.4, -0.2) is 45.2 Å². The van der Waals surface area contributed by atoms with Crippen LogP contribution in [0.15, 0.2) is 94.3 Å². The van der Waals surface area contributed by atoms with Crippen LogP contribution in [0, 0.1) is 0 Å². The molecule has 3 rings (SSSR count). The molecule has 178 valence electrons. The first kappa shape index (κ1) is 30.1. The van der Waals surface area contributed by atoms with Gasteiger partial charge in [-0.15, -0.1) is 6.58 Å². The van der Waals surface area contributed by atoms with Crippen LogP contribution in [0.2, 0.25) is 0 Å². The van der Waals surface area contributed by atoms with Gasteiger partial charge in [-0.1, -0.05) is 56.5 Å². The molecule has 2 aromatic rings. The zero-order valence-corrected chi connectivity index (χ0v) is 21.9. The van der Waals surface area contributed by atoms with Gasteiger partial charge in [-0.25, -0.2) is 4.99 Å². The standard InChI is InChI=1S/C19H17NOS.C4H6O.C3H9N.C2H6/c1-4-17-13(2)22-18-8-6-5-7-16(18)19(20-17)14-9-11-15(21-3)12-10-14;1-2-3-4-5;1-4(2)3;1-2/h4-12H,1H2,2-3H3;2,4H,1,3H2;1-3H3;1-2H3. The SMILES string of the molecule is C=CC1=C(C)Sc2ccccc2C(c2ccc(OC)cc2)=N1.C=CCC=O.CC.CN(C)C. The Morgan fingerprint density at radius 1 is 1.03 bits per heavy atom. The average molecular weight is 467 g/mol. The van der Waals surface area contributed by atoms with Gasteiger partial charge in [0.25, 0.3) is 0 Å². The van der Waals surface area contributed by atoms with Crippen molar-refractivity contribution < 1.29 is 9.53 Å². The Kier molecular flexibility index (Phi) is 16.1. The third-order valence-electron chi connectivity index (χ3n) is 3.82. The molecule has 0 saturated heterocycles. The Morgan fingerprint density at radius 3 is 2.06 bits per heavy atom. The summed E-state index contributed by atoms with van der Waals surface area (Å²) < 4.78 is 5.24. The molecule has 0 amide bonds. The summed E-state index contributed by atoms with van der Waals surface area (Å²) in [6.45, 7) is 13.3. The average Bonchev–Trinajstić information content (AvgIpc) is 2.96. The van der Waals surface area contributed by atoms with Crippen molar-refractivity contribution in [2.45, 2.75) is 32.1 Å². The molecule has 0 saturated carbocycles. The predicted molar refractivity (Wildman–Crippen MR) is 146 cm³/mol. The second-order valence-electron chi connectivity index (χ2n) is 6.97. The molecule has 2 aromatic carbocycles. The van der Waals surface area contributed by atoms with Gasteiger partial charge in [-0.05, 0) is 64.5 Å². The van der Waals surface area contributed by atoms with Gasteiger partial charge in [0.05, 0.1) is 18.5 Å². The van der Waals surface area contributed by atoms with Crippen LogP contribution in [-0.2, 0) is 4.79 Å². The van der Waals surface area contributed by atoms with E-state index in [2.05, 4.69) is 38.3 Å². The Bertz CT molecular complexity index is 920. The summed E-state index contributed by atoms with van der Waals surface area (Å²) in [4.78, 5) is 18.6. The van der Waals surface area contributed by atoms with Crippen molar-refractivity contribution in [1.82, 2.24) is 4.90 Å². The highest BCUT2D eigenvalue weighted by atomic mass is 32.2. The number of allylic oxidation sites excluding steroid dienone is 3. The number of carbonyl (C=O) groups excluding carboxylic acids is 1. The highest BCUT2D eigenvalue weighted by Gasteiger charge is 2.17. The van der Waals surface area contributed by atoms with Crippen molar-refractivity contribution in [3.63, 3.8) is 0 Å². The van der Waals surface area contributed by atoms with E-state index in [4.69, 9.17) is 9.73 Å². The van der Waals surface area contributed by atoms with Gasteiger partial charge in [0.2, 0.25) is 0 Å². The first-order chi connectivity index (χ1) is 15.9. The molecule has 0 spiro atoms. The number of thioether (sulfide) groups is 1. The van der Waals surface area contributed by atoms with Gasteiger partial charge in [-0.2, -0.15) is 0 Å². The van der Waals surface area contributed by atoms with E-state index in [9.17, 15) is 4.79 Å². The lowest BCUT2D eigenvalue weighted by Gasteiger charge is -2.10. The molecule has 0 N–H and O–H groups in total. The van der Waals surface area contributed by atoms with Crippen molar-refractivity contribution in [3.05, 3.63) is 95.6 Å². The summed E-state index contributed by atoms with van der Waals surface area (Å²) in [5.74, 6) is 0.844. The normalized spacial score (nSPS) is 11.6. The number of hydrogen-bond donors (Lipinski definition) is 0. The second-order valence-corrected chi connectivity index (χ2v) is 8.22. The molecule has 4 nitrogen and oxygen atoms in total. The fraction of sp³-hybridized carbons (Fsp3) is 0.286. The Balaban J connectivity index is 0.000000787. The van der Waals surface area contributed by atoms with Gasteiger partial charge in [0.15, 0.2) is 0 Å². The summed E-state index contributed by atoms with van der Waals surface area (Å²) in [5, 5.41) is 0. The van der Waals surface area contributed by atoms with Crippen molar-refractivity contribution >= 4 is 23.8 Å². The number of carbonyl (C=O) groups is 1. The highest BCUT2D eigenvalue weighted by Crippen LogP contribution is 2.36. The number of aldehydes is 1. The molecule has 1 aliphatic rings. The lowest BCUT2D eigenvalue weighted by atomic mass is 10.0. The molecular weight excluding hydrogens is 428 g/mol. The monoisotopic (exact) mass is 466 g/mol. The number of fused-ring (bicyclic) bond motifs is 1. The van der Waals surface area contributed by atoms with Crippen molar-refractivity contribution in [1.29, 1.82) is 0 Å². The topological polar surface area (TPSA) is 41.9 Å². The van der Waals surface area contributed by atoms with Gasteiger partial charge in [0, 0.05) is 27.3 Å². The molecule has 0 unspecified atom stereocenters. The number of benzene rings is 2. The van der Waals surface area contributed by atoms with Crippen LogP contribution in [0.4, 0.5) is 0 Å². The highest BCUT2D eigenvalue weighted by molar-refractivity contribution is 8.03. The van der Waals surface area contributed by atoms with E-state index in [1.807, 2.05) is 76.3 Å². The quantitative estimate of drug-likeness (QED) is 0.351. The van der Waals surface area contributed by atoms with E-state index in [0.717, 1.165) is 39.5 Å². The predicted octanol–water partition coefficient (Wildman–Crippen LogP) is 7.02. The van der Waals surface area contributed by atoms with Gasteiger partial charge >= 0.3 is 0 Å². The molecule has 0 atom stereocenters. The Morgan fingerprint density at radius 2 is 1.61 bits per heavy atom. The third-order valence-corrected chi connectivity index (χ3v) is 4.91. The summed E-state index contributed by atoms with van der Waals surface area (Å²) in [6, 6.07) is 16.4. The molecule has 1 heterocycles. The minimum Gasteiger partial charge on any atom is -0.497 e. The largest absolute Gasteiger partial charge is 0.497 e. The van der Waals surface area contributed by atoms with Gasteiger partial charge in [0.1, 0.15) is 12.0 Å². The van der Waals surface area contributed by atoms with Gasteiger partial charge < -0.3 is 14.4 Å². The van der Waals surface area contributed by atoms with Crippen molar-refractivity contribution in [3.8, 4) is 5.75 Å². The van der Waals surface area contributed by atoms with Crippen LogP contribution in [0.25, 0.3) is 0 Å². The zero-order valence-electron chi connectivity index (χ0n) is 21.1. The molecule has 33 heavy (non-hydrogen) atoms. The third kappa shape index (κ3) is 11.0. The summed E-state index contributed by atoms with van der Waals surface area (Å²) in [5.41, 5.74) is 4.11. The number of rotatable bonds is 5. The molecular formula is C28H38N2O2S. The van der Waals surface area contributed by atoms with Crippen molar-refractivity contribution in [2.75, 3.05) is 28.3 Å². The molecule has 0 aliphatic carbocycles. The number of ether oxygens (including phenoxy) is 1. The maximum absolute atomic E-state index is 9.33. The molecule has 0 aromatic heterocycles. The smallest absolute Gasteiger partial charge is 0.123 e. The van der Waals surface area contributed by atoms with E-state index in [1.165, 1.54) is 4.90 Å². The minimum absolute atomic E-state index is 0.472. The van der Waals surface area contributed by atoms with Crippen LogP contribution in [0.3, 0.4) is 0 Å². The van der Waals surface area contributed by atoms with Crippen molar-refractivity contribution in [2.24, 2.45) is 4.99 Å². The lowest BCUT2D eigenvalue weighted by Crippen LogP contribution is -2.04. The van der Waals surface area contributed by atoms with Crippen LogP contribution in [0.1, 0.15) is 38.3 Å². The zero-order chi connectivity index (χ0) is 25.2. The lowest BCUT2D eigenvalue weighted by molar-refractivity contribution is -0.107. The molecule has 0 bridgehead atoms. The number of aliphatic imine (C=N–C) groups is 1. The van der Waals surface area contributed by atoms with E-state index in [0.29, 0.717) is 6.42 Å². The first-order valence-corrected chi connectivity index (χ1v) is 11.7. The second kappa shape index (κ2) is 17.6. The van der Waals surface area contributed by atoms with Crippen LogP contribution >= 0.6 is 11.8 Å². The fourth-order valence-electron chi connectivity index (χ4n) is 2.45. The Labute approximate surface area is 204 Å². The first-order valence-electron chi connectivity index (χ1n) is 10.9. The van der Waals surface area contributed by atoms with Gasteiger partial charge in [-0.3, -0.25) is 0 Å². The number of methoxy groups -OCH3 is 1. The van der Waals surface area contributed by atoms with E-state index in [-0.39, 0.29) is 0 Å². The molecule has 0 fully saturated rings. The summed E-state index contributed by atoms with van der Waals surface area (Å²) in [7, 11) is 7.67. The fourth-order valence-corrected chi connectivity index (χ4v) is 3.44.